The second-order valence-corrected chi connectivity index (χ2v) is 6.42. The molecule has 6 heteroatoms. The van der Waals surface area contributed by atoms with Crippen LogP contribution in [0.4, 0.5) is 0 Å². The molecule has 1 unspecified atom stereocenters. The minimum Gasteiger partial charge on any atom is -0.469 e. The van der Waals surface area contributed by atoms with Crippen molar-refractivity contribution in [1.29, 1.82) is 0 Å². The molecule has 1 N–H and O–H groups in total. The van der Waals surface area contributed by atoms with Crippen LogP contribution >= 0.6 is 0 Å². The second-order valence-electron chi connectivity index (χ2n) is 4.02. The van der Waals surface area contributed by atoms with Crippen molar-refractivity contribution in [2.75, 3.05) is 26.0 Å². The van der Waals surface area contributed by atoms with Gasteiger partial charge in [-0.2, -0.15) is 0 Å². The number of hydrogen-bond acceptors (Lipinski definition) is 5. The number of rotatable bonds is 5. The van der Waals surface area contributed by atoms with Gasteiger partial charge < -0.3 is 10.1 Å². The minimum absolute atomic E-state index is 0.0778. The molecule has 1 aliphatic rings. The summed E-state index contributed by atoms with van der Waals surface area (Å²) in [6, 6.07) is 0. The molecule has 0 aliphatic carbocycles. The quantitative estimate of drug-likeness (QED) is 0.700. The third kappa shape index (κ3) is 4.09. The van der Waals surface area contributed by atoms with E-state index in [9.17, 15) is 13.2 Å². The van der Waals surface area contributed by atoms with Crippen LogP contribution in [0.25, 0.3) is 0 Å². The molecule has 1 rings (SSSR count). The highest BCUT2D eigenvalue weighted by molar-refractivity contribution is 7.92. The smallest absolute Gasteiger partial charge is 0.305 e. The van der Waals surface area contributed by atoms with Gasteiger partial charge >= 0.3 is 5.97 Å². The number of nitrogens with one attached hydrogen (secondary N) is 1. The summed E-state index contributed by atoms with van der Waals surface area (Å²) in [4.78, 5) is 10.8. The summed E-state index contributed by atoms with van der Waals surface area (Å²) in [7, 11) is -1.75. The van der Waals surface area contributed by atoms with Crippen LogP contribution in [0, 0.1) is 0 Å². The van der Waals surface area contributed by atoms with Crippen LogP contribution in [-0.2, 0) is 19.4 Å². The van der Waals surface area contributed by atoms with Crippen LogP contribution in [0.15, 0.2) is 0 Å². The van der Waals surface area contributed by atoms with Crippen molar-refractivity contribution in [2.24, 2.45) is 0 Å². The topological polar surface area (TPSA) is 72.5 Å². The maximum atomic E-state index is 11.9. The summed E-state index contributed by atoms with van der Waals surface area (Å²) in [6.07, 6.45) is 2.16. The maximum absolute atomic E-state index is 11.9. The molecular formula is C10H19NO4S. The van der Waals surface area contributed by atoms with Crippen molar-refractivity contribution in [3.05, 3.63) is 0 Å². The van der Waals surface area contributed by atoms with Crippen LogP contribution < -0.4 is 5.32 Å². The summed E-state index contributed by atoms with van der Waals surface area (Å²) in [6.45, 7) is 1.44. The molecular weight excluding hydrogens is 230 g/mol. The molecule has 0 aromatic rings. The Morgan fingerprint density at radius 1 is 1.50 bits per heavy atom. The molecule has 1 heterocycles. The largest absolute Gasteiger partial charge is 0.469 e. The zero-order valence-corrected chi connectivity index (χ0v) is 10.4. The Bertz CT molecular complexity index is 320. The second kappa shape index (κ2) is 6.20. The Hall–Kier alpha value is -0.620. The highest BCUT2D eigenvalue weighted by Crippen LogP contribution is 2.14. The van der Waals surface area contributed by atoms with E-state index in [4.69, 9.17) is 0 Å². The molecule has 0 saturated carbocycles. The standard InChI is InChI=1S/C10H19NO4S/c1-15-10(12)5-3-7-16(13,14)9-4-2-6-11-8-9/h9,11H,2-8H2,1H3. The van der Waals surface area contributed by atoms with Gasteiger partial charge in [-0.25, -0.2) is 8.42 Å². The van der Waals surface area contributed by atoms with Gasteiger partial charge in [0.1, 0.15) is 0 Å². The van der Waals surface area contributed by atoms with Gasteiger partial charge in [-0.3, -0.25) is 4.79 Å². The van der Waals surface area contributed by atoms with E-state index < -0.39 is 9.84 Å². The SMILES string of the molecule is COC(=O)CCCS(=O)(=O)C1CCCNC1. The number of carbonyl (C=O) groups is 1. The van der Waals surface area contributed by atoms with Crippen molar-refractivity contribution in [2.45, 2.75) is 30.9 Å². The summed E-state index contributed by atoms with van der Waals surface area (Å²) < 4.78 is 28.2. The van der Waals surface area contributed by atoms with Crippen LogP contribution in [0.3, 0.4) is 0 Å². The number of methoxy groups -OCH3 is 1. The Morgan fingerprint density at radius 2 is 2.25 bits per heavy atom. The fourth-order valence-corrected chi connectivity index (χ4v) is 3.59. The van der Waals surface area contributed by atoms with Gasteiger partial charge in [0.05, 0.1) is 18.1 Å². The molecule has 1 saturated heterocycles. The molecule has 0 amide bonds. The van der Waals surface area contributed by atoms with E-state index in [-0.39, 0.29) is 23.4 Å². The molecule has 1 atom stereocenters. The summed E-state index contributed by atoms with van der Waals surface area (Å²) in [5.74, 6) is -0.272. The lowest BCUT2D eigenvalue weighted by molar-refractivity contribution is -0.140. The first kappa shape index (κ1) is 13.4. The first-order valence-corrected chi connectivity index (χ1v) is 7.27. The molecule has 1 fully saturated rings. The molecule has 0 aromatic carbocycles. The minimum atomic E-state index is -3.06. The van der Waals surface area contributed by atoms with E-state index in [1.165, 1.54) is 7.11 Å². The molecule has 0 spiro atoms. The van der Waals surface area contributed by atoms with Crippen molar-refractivity contribution < 1.29 is 17.9 Å². The number of carbonyl (C=O) groups excluding carboxylic acids is 1. The monoisotopic (exact) mass is 249 g/mol. The highest BCUT2D eigenvalue weighted by Gasteiger charge is 2.26. The van der Waals surface area contributed by atoms with Crippen LogP contribution in [0.1, 0.15) is 25.7 Å². The summed E-state index contributed by atoms with van der Waals surface area (Å²) in [5, 5.41) is 2.80. The molecule has 0 bridgehead atoms. The Kier molecular flexibility index (Phi) is 5.21. The zero-order valence-electron chi connectivity index (χ0n) is 9.57. The number of hydrogen-bond donors (Lipinski definition) is 1. The van der Waals surface area contributed by atoms with E-state index in [2.05, 4.69) is 10.1 Å². The van der Waals surface area contributed by atoms with Gasteiger partial charge in [0.25, 0.3) is 0 Å². The molecule has 94 valence electrons. The Morgan fingerprint density at radius 3 is 2.81 bits per heavy atom. The fourth-order valence-electron chi connectivity index (χ4n) is 1.81. The molecule has 5 nitrogen and oxygen atoms in total. The Labute approximate surface area is 96.5 Å². The van der Waals surface area contributed by atoms with Crippen LogP contribution in [0.5, 0.6) is 0 Å². The number of sulfone groups is 1. The van der Waals surface area contributed by atoms with Crippen molar-refractivity contribution in [3.63, 3.8) is 0 Å². The van der Waals surface area contributed by atoms with Gasteiger partial charge in [-0.1, -0.05) is 0 Å². The number of esters is 1. The lowest BCUT2D eigenvalue weighted by Gasteiger charge is -2.22. The fraction of sp³-hybridized carbons (Fsp3) is 0.900. The average molecular weight is 249 g/mol. The van der Waals surface area contributed by atoms with Gasteiger partial charge in [-0.05, 0) is 25.8 Å². The maximum Gasteiger partial charge on any atom is 0.305 e. The van der Waals surface area contributed by atoms with E-state index in [0.717, 1.165) is 19.4 Å². The van der Waals surface area contributed by atoms with Gasteiger partial charge in [0, 0.05) is 13.0 Å². The predicted octanol–water partition coefficient (Wildman–Crippen LogP) is 0.106. The first-order valence-electron chi connectivity index (χ1n) is 5.55. The van der Waals surface area contributed by atoms with Gasteiger partial charge in [-0.15, -0.1) is 0 Å². The van der Waals surface area contributed by atoms with Gasteiger partial charge in [0.2, 0.25) is 0 Å². The van der Waals surface area contributed by atoms with E-state index in [0.29, 0.717) is 13.0 Å². The third-order valence-electron chi connectivity index (χ3n) is 2.80. The number of ether oxygens (including phenoxy) is 1. The normalized spacial score (nSPS) is 21.7. The predicted molar refractivity (Wildman–Crippen MR) is 60.9 cm³/mol. The Balaban J connectivity index is 2.36. The van der Waals surface area contributed by atoms with Crippen molar-refractivity contribution in [3.8, 4) is 0 Å². The lowest BCUT2D eigenvalue weighted by Crippen LogP contribution is -2.39. The molecule has 0 radical (unpaired) electrons. The highest BCUT2D eigenvalue weighted by atomic mass is 32.2. The van der Waals surface area contributed by atoms with Gasteiger partial charge in [0.15, 0.2) is 9.84 Å². The van der Waals surface area contributed by atoms with Crippen molar-refractivity contribution in [1.82, 2.24) is 5.32 Å². The molecule has 1 aliphatic heterocycles. The summed E-state index contributed by atoms with van der Waals surface area (Å²) in [5.41, 5.74) is 0. The van der Waals surface area contributed by atoms with E-state index >= 15 is 0 Å². The van der Waals surface area contributed by atoms with Crippen LogP contribution in [-0.4, -0.2) is 45.6 Å². The van der Waals surface area contributed by atoms with E-state index in [1.807, 2.05) is 0 Å². The lowest BCUT2D eigenvalue weighted by atomic mass is 10.2. The average Bonchev–Trinajstić information content (AvgIpc) is 2.30. The number of piperidine rings is 1. The zero-order chi connectivity index (χ0) is 12.0. The van der Waals surface area contributed by atoms with E-state index in [1.54, 1.807) is 0 Å². The van der Waals surface area contributed by atoms with Crippen molar-refractivity contribution >= 4 is 15.8 Å². The molecule has 0 aromatic heterocycles. The summed E-state index contributed by atoms with van der Waals surface area (Å²) >= 11 is 0. The first-order chi connectivity index (χ1) is 7.56. The third-order valence-corrected chi connectivity index (χ3v) is 5.07. The molecule has 16 heavy (non-hydrogen) atoms. The van der Waals surface area contributed by atoms with Crippen LogP contribution in [0.2, 0.25) is 0 Å².